The highest BCUT2D eigenvalue weighted by Crippen LogP contribution is 2.24. The summed E-state index contributed by atoms with van der Waals surface area (Å²) in [5.41, 5.74) is 5.57. The summed E-state index contributed by atoms with van der Waals surface area (Å²) in [7, 11) is 1.56. The van der Waals surface area contributed by atoms with Crippen LogP contribution in [0, 0.1) is 5.92 Å². The van der Waals surface area contributed by atoms with Gasteiger partial charge < -0.3 is 10.5 Å². The largest absolute Gasteiger partial charge is 0.481 e. The van der Waals surface area contributed by atoms with Crippen LogP contribution in [0.2, 0.25) is 0 Å². The van der Waals surface area contributed by atoms with Gasteiger partial charge in [-0.2, -0.15) is 4.98 Å². The van der Waals surface area contributed by atoms with E-state index in [1.54, 1.807) is 24.1 Å². The molecule has 1 aromatic heterocycles. The summed E-state index contributed by atoms with van der Waals surface area (Å²) in [4.78, 5) is 17.6. The highest BCUT2D eigenvalue weighted by molar-refractivity contribution is 5.94. The van der Waals surface area contributed by atoms with Crippen LogP contribution in [0.15, 0.2) is 18.2 Å². The highest BCUT2D eigenvalue weighted by atomic mass is 16.5. The van der Waals surface area contributed by atoms with Crippen LogP contribution in [0.25, 0.3) is 0 Å². The van der Waals surface area contributed by atoms with E-state index in [-0.39, 0.29) is 11.8 Å². The fraction of sp³-hybridized carbons (Fsp3) is 0.455. The van der Waals surface area contributed by atoms with Crippen LogP contribution in [0.1, 0.15) is 6.42 Å². The molecule has 0 radical (unpaired) electrons. The lowest BCUT2D eigenvalue weighted by molar-refractivity contribution is -0.117. The number of methoxy groups -OCH3 is 1. The second-order valence-corrected chi connectivity index (χ2v) is 3.85. The zero-order chi connectivity index (χ0) is 11.5. The van der Waals surface area contributed by atoms with Crippen LogP contribution in [0.4, 0.5) is 5.82 Å². The van der Waals surface area contributed by atoms with E-state index < -0.39 is 0 Å². The number of hydrogen-bond acceptors (Lipinski definition) is 4. The number of pyridine rings is 1. The maximum atomic E-state index is 11.7. The van der Waals surface area contributed by atoms with Gasteiger partial charge in [0.25, 0.3) is 0 Å². The number of nitrogens with two attached hydrogens (primary N) is 1. The molecule has 1 atom stereocenters. The van der Waals surface area contributed by atoms with Gasteiger partial charge in [-0.25, -0.2) is 0 Å². The minimum absolute atomic E-state index is 0.0798. The molecule has 1 unspecified atom stereocenters. The molecule has 5 nitrogen and oxygen atoms in total. The fourth-order valence-corrected chi connectivity index (χ4v) is 1.83. The Bertz CT molecular complexity index is 395. The van der Waals surface area contributed by atoms with Crippen molar-refractivity contribution in [2.45, 2.75) is 6.42 Å². The Balaban J connectivity index is 2.20. The molecule has 0 saturated carbocycles. The van der Waals surface area contributed by atoms with Crippen LogP contribution in [0.5, 0.6) is 5.88 Å². The molecular formula is C11H15N3O2. The van der Waals surface area contributed by atoms with E-state index in [0.29, 0.717) is 31.2 Å². The summed E-state index contributed by atoms with van der Waals surface area (Å²) in [6.45, 7) is 1.18. The van der Waals surface area contributed by atoms with Crippen molar-refractivity contribution in [3.63, 3.8) is 0 Å². The molecule has 0 bridgehead atoms. The van der Waals surface area contributed by atoms with E-state index in [2.05, 4.69) is 4.98 Å². The number of rotatable bonds is 3. The Morgan fingerprint density at radius 3 is 3.06 bits per heavy atom. The Morgan fingerprint density at radius 1 is 1.62 bits per heavy atom. The van der Waals surface area contributed by atoms with Gasteiger partial charge in [-0.05, 0) is 18.5 Å². The topological polar surface area (TPSA) is 68.5 Å². The van der Waals surface area contributed by atoms with Crippen molar-refractivity contribution in [2.24, 2.45) is 11.7 Å². The van der Waals surface area contributed by atoms with Gasteiger partial charge in [0.1, 0.15) is 5.82 Å². The number of hydrogen-bond donors (Lipinski definition) is 1. The van der Waals surface area contributed by atoms with Crippen LogP contribution in [0.3, 0.4) is 0 Å². The number of ether oxygens (including phenoxy) is 1. The smallest absolute Gasteiger partial charge is 0.228 e. The summed E-state index contributed by atoms with van der Waals surface area (Å²) in [6.07, 6.45) is 0.509. The molecule has 2 rings (SSSR count). The second-order valence-electron chi connectivity index (χ2n) is 3.85. The summed E-state index contributed by atoms with van der Waals surface area (Å²) in [5, 5.41) is 0. The van der Waals surface area contributed by atoms with Crippen molar-refractivity contribution < 1.29 is 9.53 Å². The normalized spacial score (nSPS) is 20.2. The highest BCUT2D eigenvalue weighted by Gasteiger charge is 2.30. The minimum atomic E-state index is 0.0798. The Labute approximate surface area is 94.2 Å². The first-order valence-electron chi connectivity index (χ1n) is 5.26. The third-order valence-corrected chi connectivity index (χ3v) is 2.73. The van der Waals surface area contributed by atoms with Gasteiger partial charge in [0.05, 0.1) is 7.11 Å². The zero-order valence-corrected chi connectivity index (χ0v) is 9.22. The molecule has 86 valence electrons. The molecular weight excluding hydrogens is 206 g/mol. The molecule has 1 aromatic rings. The van der Waals surface area contributed by atoms with Crippen molar-refractivity contribution >= 4 is 11.7 Å². The molecule has 1 fully saturated rings. The molecule has 5 heteroatoms. The monoisotopic (exact) mass is 221 g/mol. The van der Waals surface area contributed by atoms with E-state index in [0.717, 1.165) is 0 Å². The lowest BCUT2D eigenvalue weighted by Gasteiger charge is -2.15. The lowest BCUT2D eigenvalue weighted by Crippen LogP contribution is -2.26. The predicted molar refractivity (Wildman–Crippen MR) is 60.3 cm³/mol. The molecule has 16 heavy (non-hydrogen) atoms. The number of anilines is 1. The summed E-state index contributed by atoms with van der Waals surface area (Å²) >= 11 is 0. The third-order valence-electron chi connectivity index (χ3n) is 2.73. The fourth-order valence-electron chi connectivity index (χ4n) is 1.83. The summed E-state index contributed by atoms with van der Waals surface area (Å²) in [5.74, 6) is 1.47. The quantitative estimate of drug-likeness (QED) is 0.802. The molecule has 2 N–H and O–H groups in total. The first kappa shape index (κ1) is 10.9. The van der Waals surface area contributed by atoms with Gasteiger partial charge in [-0.1, -0.05) is 6.07 Å². The van der Waals surface area contributed by atoms with Gasteiger partial charge in [-0.3, -0.25) is 9.69 Å². The molecule has 1 aliphatic heterocycles. The predicted octanol–water partition coefficient (Wildman–Crippen LogP) is 0.402. The van der Waals surface area contributed by atoms with Crippen molar-refractivity contribution in [3.05, 3.63) is 18.2 Å². The van der Waals surface area contributed by atoms with Gasteiger partial charge in [-0.15, -0.1) is 0 Å². The van der Waals surface area contributed by atoms with Gasteiger partial charge >= 0.3 is 0 Å². The summed E-state index contributed by atoms with van der Waals surface area (Å²) in [6, 6.07) is 5.38. The SMILES string of the molecule is COc1cccc(N2CC(CN)CC2=O)n1. The standard InChI is InChI=1S/C11H15N3O2/c1-16-10-4-2-3-9(13-10)14-7-8(6-12)5-11(14)15/h2-4,8H,5-7,12H2,1H3. The molecule has 1 amide bonds. The number of nitrogens with zero attached hydrogens (tertiary/aromatic N) is 2. The third kappa shape index (κ3) is 1.99. The molecule has 0 aliphatic carbocycles. The molecule has 2 heterocycles. The number of amides is 1. The molecule has 0 spiro atoms. The second kappa shape index (κ2) is 4.49. The van der Waals surface area contributed by atoms with Gasteiger partial charge in [0, 0.05) is 19.0 Å². The molecule has 1 aliphatic rings. The Morgan fingerprint density at radius 2 is 2.44 bits per heavy atom. The van der Waals surface area contributed by atoms with E-state index >= 15 is 0 Å². The van der Waals surface area contributed by atoms with Crippen molar-refractivity contribution in [1.82, 2.24) is 4.98 Å². The average Bonchev–Trinajstić information content (AvgIpc) is 2.71. The van der Waals surface area contributed by atoms with E-state index in [9.17, 15) is 4.79 Å². The first-order chi connectivity index (χ1) is 7.74. The molecule has 0 aromatic carbocycles. The van der Waals surface area contributed by atoms with E-state index in [4.69, 9.17) is 10.5 Å². The van der Waals surface area contributed by atoms with Crippen molar-refractivity contribution in [2.75, 3.05) is 25.1 Å². The van der Waals surface area contributed by atoms with Gasteiger partial charge in [0.15, 0.2) is 0 Å². The van der Waals surface area contributed by atoms with Crippen LogP contribution >= 0.6 is 0 Å². The Hall–Kier alpha value is -1.62. The van der Waals surface area contributed by atoms with E-state index in [1.165, 1.54) is 0 Å². The van der Waals surface area contributed by atoms with E-state index in [1.807, 2.05) is 6.07 Å². The first-order valence-corrected chi connectivity index (χ1v) is 5.26. The van der Waals surface area contributed by atoms with Crippen molar-refractivity contribution in [1.29, 1.82) is 0 Å². The minimum Gasteiger partial charge on any atom is -0.481 e. The number of carbonyl (C=O) groups is 1. The Kier molecular flexibility index (Phi) is 3.05. The van der Waals surface area contributed by atoms with Crippen molar-refractivity contribution in [3.8, 4) is 5.88 Å². The summed E-state index contributed by atoms with van der Waals surface area (Å²) < 4.78 is 5.03. The van der Waals surface area contributed by atoms with Crippen LogP contribution < -0.4 is 15.4 Å². The zero-order valence-electron chi connectivity index (χ0n) is 9.22. The lowest BCUT2D eigenvalue weighted by atomic mass is 10.1. The number of carbonyl (C=O) groups excluding carboxylic acids is 1. The van der Waals surface area contributed by atoms with Gasteiger partial charge in [0.2, 0.25) is 11.8 Å². The average molecular weight is 221 g/mol. The number of aromatic nitrogens is 1. The molecule has 1 saturated heterocycles. The van der Waals surface area contributed by atoms with Crippen LogP contribution in [-0.4, -0.2) is 31.1 Å². The maximum Gasteiger partial charge on any atom is 0.228 e. The maximum absolute atomic E-state index is 11.7. The van der Waals surface area contributed by atoms with Crippen LogP contribution in [-0.2, 0) is 4.79 Å².